The van der Waals surface area contributed by atoms with Gasteiger partial charge in [0.05, 0.1) is 18.3 Å². The quantitative estimate of drug-likeness (QED) is 0.529. The molecule has 3 unspecified atom stereocenters. The first-order valence-electron chi connectivity index (χ1n) is 4.31. The summed E-state index contributed by atoms with van der Waals surface area (Å²) < 4.78 is 15.7. The molecule has 0 bridgehead atoms. The van der Waals surface area contributed by atoms with Crippen LogP contribution >= 0.6 is 10.7 Å². The molecule has 0 radical (unpaired) electrons. The monoisotopic (exact) mass is 224 g/mol. The maximum Gasteiger partial charge on any atom is 0.309 e. The normalized spacial score (nSPS) is 30.9. The van der Waals surface area contributed by atoms with Gasteiger partial charge in [0.1, 0.15) is 10.0 Å². The third-order valence-corrected chi connectivity index (χ3v) is 4.17. The minimum atomic E-state index is -1.43. The van der Waals surface area contributed by atoms with Crippen LogP contribution in [-0.4, -0.2) is 22.5 Å². The summed E-state index contributed by atoms with van der Waals surface area (Å²) in [5.41, 5.74) is 0. The van der Waals surface area contributed by atoms with E-state index in [1.54, 1.807) is 0 Å². The number of rotatable bonds is 2. The molecule has 1 rings (SSSR count). The van der Waals surface area contributed by atoms with E-state index in [1.807, 2.05) is 0 Å². The lowest BCUT2D eigenvalue weighted by molar-refractivity contribution is -0.146. The van der Waals surface area contributed by atoms with Crippen LogP contribution in [0.5, 0.6) is 0 Å². The second kappa shape index (κ2) is 4.96. The first-order chi connectivity index (χ1) is 6.16. The van der Waals surface area contributed by atoms with Crippen LogP contribution in [0.1, 0.15) is 25.7 Å². The van der Waals surface area contributed by atoms with Crippen molar-refractivity contribution >= 4 is 26.7 Å². The minimum absolute atomic E-state index is 0.220. The van der Waals surface area contributed by atoms with Crippen LogP contribution in [0.4, 0.5) is 0 Å². The van der Waals surface area contributed by atoms with Gasteiger partial charge in [0.15, 0.2) is 0 Å². The highest BCUT2D eigenvalue weighted by molar-refractivity contribution is 8.08. The van der Waals surface area contributed by atoms with E-state index in [9.17, 15) is 9.00 Å². The highest BCUT2D eigenvalue weighted by Gasteiger charge is 2.35. The molecular formula is C8H13ClO3S. The average Bonchev–Trinajstić information content (AvgIpc) is 2.16. The Hall–Kier alpha value is -0.0900. The van der Waals surface area contributed by atoms with Crippen molar-refractivity contribution < 1.29 is 13.7 Å². The Morgan fingerprint density at radius 2 is 2.08 bits per heavy atom. The van der Waals surface area contributed by atoms with Crippen molar-refractivity contribution in [1.82, 2.24) is 0 Å². The Balaban J connectivity index is 2.67. The summed E-state index contributed by atoms with van der Waals surface area (Å²) in [5.74, 6) is -0.546. The van der Waals surface area contributed by atoms with Gasteiger partial charge in [-0.1, -0.05) is 12.8 Å². The summed E-state index contributed by atoms with van der Waals surface area (Å²) in [6.45, 7) is 0. The smallest absolute Gasteiger partial charge is 0.309 e. The molecule has 1 fully saturated rings. The number of carbonyl (C=O) groups is 1. The van der Waals surface area contributed by atoms with Crippen molar-refractivity contribution in [3.63, 3.8) is 0 Å². The van der Waals surface area contributed by atoms with Gasteiger partial charge >= 0.3 is 5.97 Å². The average molecular weight is 225 g/mol. The number of methoxy groups -OCH3 is 1. The molecule has 1 aliphatic rings. The minimum Gasteiger partial charge on any atom is -0.469 e. The Labute approximate surface area is 84.7 Å². The zero-order chi connectivity index (χ0) is 9.84. The van der Waals surface area contributed by atoms with Gasteiger partial charge in [0.2, 0.25) is 0 Å². The van der Waals surface area contributed by atoms with Crippen LogP contribution < -0.4 is 0 Å². The Morgan fingerprint density at radius 1 is 1.46 bits per heavy atom. The van der Waals surface area contributed by atoms with Gasteiger partial charge in [-0.15, -0.1) is 0 Å². The molecule has 3 atom stereocenters. The van der Waals surface area contributed by atoms with E-state index in [4.69, 9.17) is 10.7 Å². The van der Waals surface area contributed by atoms with Crippen molar-refractivity contribution in [2.45, 2.75) is 30.9 Å². The number of halogens is 1. The number of hydrogen-bond donors (Lipinski definition) is 0. The van der Waals surface area contributed by atoms with Gasteiger partial charge in [-0.05, 0) is 23.5 Å². The van der Waals surface area contributed by atoms with Gasteiger partial charge in [-0.2, -0.15) is 0 Å². The third-order valence-electron chi connectivity index (χ3n) is 2.44. The molecule has 5 heteroatoms. The van der Waals surface area contributed by atoms with E-state index in [0.717, 1.165) is 25.7 Å². The molecule has 1 aliphatic carbocycles. The molecule has 1 saturated carbocycles. The Kier molecular flexibility index (Phi) is 4.19. The predicted octanol–water partition coefficient (Wildman–Crippen LogP) is 1.62. The van der Waals surface area contributed by atoms with Crippen LogP contribution in [0.15, 0.2) is 0 Å². The van der Waals surface area contributed by atoms with Crippen molar-refractivity contribution in [3.05, 3.63) is 0 Å². The Bertz CT molecular complexity index is 219. The molecule has 0 amide bonds. The summed E-state index contributed by atoms with van der Waals surface area (Å²) in [4.78, 5) is 11.3. The zero-order valence-electron chi connectivity index (χ0n) is 7.49. The lowest BCUT2D eigenvalue weighted by Crippen LogP contribution is -2.33. The van der Waals surface area contributed by atoms with Crippen LogP contribution in [0.25, 0.3) is 0 Å². The Morgan fingerprint density at radius 3 is 2.62 bits per heavy atom. The molecular weight excluding hydrogens is 212 g/mol. The molecule has 0 aromatic rings. The van der Waals surface area contributed by atoms with Crippen molar-refractivity contribution in [2.75, 3.05) is 7.11 Å². The van der Waals surface area contributed by atoms with Gasteiger partial charge < -0.3 is 4.74 Å². The van der Waals surface area contributed by atoms with Crippen LogP contribution in [-0.2, 0) is 19.5 Å². The maximum atomic E-state index is 11.3. The number of ether oxygens (including phenoxy) is 1. The van der Waals surface area contributed by atoms with Crippen LogP contribution in [0, 0.1) is 5.92 Å². The van der Waals surface area contributed by atoms with E-state index in [0.29, 0.717) is 0 Å². The van der Waals surface area contributed by atoms with Gasteiger partial charge in [-0.25, -0.2) is 4.21 Å². The first kappa shape index (κ1) is 11.0. The molecule has 0 N–H and O–H groups in total. The van der Waals surface area contributed by atoms with Crippen LogP contribution in [0.3, 0.4) is 0 Å². The molecule has 0 aromatic heterocycles. The van der Waals surface area contributed by atoms with E-state index >= 15 is 0 Å². The molecule has 0 saturated heterocycles. The topological polar surface area (TPSA) is 43.4 Å². The molecule has 76 valence electrons. The standard InChI is InChI=1S/C8H13ClO3S/c1-12-8(10)6-4-2-3-5-7(6)13(9)11/h6-7H,2-5H2,1H3. The third kappa shape index (κ3) is 2.68. The summed E-state index contributed by atoms with van der Waals surface area (Å²) >= 11 is 0. The van der Waals surface area contributed by atoms with Crippen molar-refractivity contribution in [2.24, 2.45) is 5.92 Å². The molecule has 13 heavy (non-hydrogen) atoms. The summed E-state index contributed by atoms with van der Waals surface area (Å²) in [5, 5.41) is -0.220. The SMILES string of the molecule is COC(=O)C1CCCCC1S(=O)Cl. The largest absolute Gasteiger partial charge is 0.469 e. The van der Waals surface area contributed by atoms with Gasteiger partial charge in [0.25, 0.3) is 0 Å². The lowest BCUT2D eigenvalue weighted by Gasteiger charge is -2.26. The van der Waals surface area contributed by atoms with E-state index < -0.39 is 10.0 Å². The summed E-state index contributed by atoms with van der Waals surface area (Å²) in [6.07, 6.45) is 3.49. The molecule has 0 aliphatic heterocycles. The maximum absolute atomic E-state index is 11.3. The highest BCUT2D eigenvalue weighted by atomic mass is 35.7. The number of carbonyl (C=O) groups excluding carboxylic acids is 1. The fraction of sp³-hybridized carbons (Fsp3) is 0.875. The second-order valence-electron chi connectivity index (χ2n) is 3.20. The fourth-order valence-electron chi connectivity index (χ4n) is 1.74. The van der Waals surface area contributed by atoms with Gasteiger partial charge in [-0.3, -0.25) is 4.79 Å². The summed E-state index contributed by atoms with van der Waals surface area (Å²) in [7, 11) is 5.44. The van der Waals surface area contributed by atoms with Crippen molar-refractivity contribution in [1.29, 1.82) is 0 Å². The zero-order valence-corrected chi connectivity index (χ0v) is 9.07. The van der Waals surface area contributed by atoms with Crippen molar-refractivity contribution in [3.8, 4) is 0 Å². The fourth-order valence-corrected chi connectivity index (χ4v) is 3.24. The van der Waals surface area contributed by atoms with Crippen LogP contribution in [0.2, 0.25) is 0 Å². The van der Waals surface area contributed by atoms with E-state index in [2.05, 4.69) is 4.74 Å². The highest BCUT2D eigenvalue weighted by Crippen LogP contribution is 2.30. The predicted molar refractivity (Wildman–Crippen MR) is 51.8 cm³/mol. The van der Waals surface area contributed by atoms with E-state index in [-0.39, 0.29) is 17.1 Å². The first-order valence-corrected chi connectivity index (χ1v) is 6.35. The van der Waals surface area contributed by atoms with E-state index in [1.165, 1.54) is 7.11 Å². The van der Waals surface area contributed by atoms with Gasteiger partial charge in [0, 0.05) is 0 Å². The lowest BCUT2D eigenvalue weighted by atomic mass is 9.89. The molecule has 3 nitrogen and oxygen atoms in total. The molecule has 0 aromatic carbocycles. The number of esters is 1. The second-order valence-corrected chi connectivity index (χ2v) is 5.22. The molecule has 0 heterocycles. The summed E-state index contributed by atoms with van der Waals surface area (Å²) in [6, 6.07) is 0. The molecule has 0 spiro atoms. The number of hydrogen-bond acceptors (Lipinski definition) is 3.